The van der Waals surface area contributed by atoms with E-state index in [0.717, 1.165) is 4.47 Å². The SMILES string of the molecule is CC(C)CC1NC(=O)C(C)N(c2ccc(Br)c(Cl)c2)C1=O. The number of hydrogen-bond donors (Lipinski definition) is 1. The lowest BCUT2D eigenvalue weighted by Crippen LogP contribution is -2.63. The molecular weight excluding hydrogens is 356 g/mol. The molecule has 114 valence electrons. The number of halogens is 2. The van der Waals surface area contributed by atoms with Crippen molar-refractivity contribution in [1.29, 1.82) is 0 Å². The Morgan fingerprint density at radius 1 is 1.38 bits per heavy atom. The molecular formula is C15H18BrClN2O2. The van der Waals surface area contributed by atoms with Gasteiger partial charge in [-0.2, -0.15) is 0 Å². The summed E-state index contributed by atoms with van der Waals surface area (Å²) in [5.74, 6) is 0.0940. The molecule has 0 aliphatic carbocycles. The fourth-order valence-electron chi connectivity index (χ4n) is 2.45. The lowest BCUT2D eigenvalue weighted by Gasteiger charge is -2.38. The maximum atomic E-state index is 12.7. The summed E-state index contributed by atoms with van der Waals surface area (Å²) in [5.41, 5.74) is 0.643. The number of carbonyl (C=O) groups is 2. The lowest BCUT2D eigenvalue weighted by molar-refractivity contribution is -0.133. The van der Waals surface area contributed by atoms with Crippen molar-refractivity contribution in [3.8, 4) is 0 Å². The zero-order chi connectivity index (χ0) is 15.7. The Morgan fingerprint density at radius 2 is 2.05 bits per heavy atom. The van der Waals surface area contributed by atoms with Crippen LogP contribution in [0.15, 0.2) is 22.7 Å². The largest absolute Gasteiger partial charge is 0.342 e. The molecule has 1 aromatic rings. The van der Waals surface area contributed by atoms with E-state index >= 15 is 0 Å². The van der Waals surface area contributed by atoms with E-state index in [1.54, 1.807) is 25.1 Å². The van der Waals surface area contributed by atoms with Crippen molar-refractivity contribution < 1.29 is 9.59 Å². The predicted molar refractivity (Wildman–Crippen MR) is 87.5 cm³/mol. The molecule has 2 unspecified atom stereocenters. The van der Waals surface area contributed by atoms with Gasteiger partial charge in [-0.1, -0.05) is 25.4 Å². The second-order valence-corrected chi connectivity index (χ2v) is 6.93. The van der Waals surface area contributed by atoms with Gasteiger partial charge in [0.15, 0.2) is 0 Å². The van der Waals surface area contributed by atoms with Crippen molar-refractivity contribution in [3.63, 3.8) is 0 Å². The van der Waals surface area contributed by atoms with Gasteiger partial charge in [0.25, 0.3) is 0 Å². The van der Waals surface area contributed by atoms with Crippen LogP contribution in [0.2, 0.25) is 5.02 Å². The highest BCUT2D eigenvalue weighted by Crippen LogP contribution is 2.30. The van der Waals surface area contributed by atoms with E-state index in [4.69, 9.17) is 11.6 Å². The van der Waals surface area contributed by atoms with Gasteiger partial charge >= 0.3 is 0 Å². The van der Waals surface area contributed by atoms with Gasteiger partial charge in [0, 0.05) is 10.2 Å². The van der Waals surface area contributed by atoms with Crippen molar-refractivity contribution in [2.24, 2.45) is 5.92 Å². The smallest absolute Gasteiger partial charge is 0.250 e. The van der Waals surface area contributed by atoms with E-state index in [-0.39, 0.29) is 11.8 Å². The monoisotopic (exact) mass is 372 g/mol. The summed E-state index contributed by atoms with van der Waals surface area (Å²) in [4.78, 5) is 26.3. The van der Waals surface area contributed by atoms with Crippen LogP contribution in [-0.2, 0) is 9.59 Å². The fourth-order valence-corrected chi connectivity index (χ4v) is 2.87. The maximum absolute atomic E-state index is 12.7. The first-order chi connectivity index (χ1) is 9.81. The van der Waals surface area contributed by atoms with Gasteiger partial charge in [0.2, 0.25) is 11.8 Å². The van der Waals surface area contributed by atoms with Gasteiger partial charge in [0.05, 0.1) is 5.02 Å². The third kappa shape index (κ3) is 3.40. The standard InChI is InChI=1S/C15H18BrClN2O2/c1-8(2)6-13-15(21)19(9(3)14(20)18-13)10-4-5-11(16)12(17)7-10/h4-5,7-9,13H,6H2,1-3H3,(H,18,20). The number of piperazine rings is 1. The minimum absolute atomic E-state index is 0.0887. The normalized spacial score (nSPS) is 22.7. The average Bonchev–Trinajstić information content (AvgIpc) is 2.40. The Hall–Kier alpha value is -1.07. The highest BCUT2D eigenvalue weighted by molar-refractivity contribution is 9.10. The second kappa shape index (κ2) is 6.36. The third-order valence-electron chi connectivity index (χ3n) is 3.51. The minimum Gasteiger partial charge on any atom is -0.342 e. The van der Waals surface area contributed by atoms with Crippen molar-refractivity contribution >= 4 is 45.0 Å². The van der Waals surface area contributed by atoms with Crippen LogP contribution in [0.25, 0.3) is 0 Å². The molecule has 1 aromatic carbocycles. The van der Waals surface area contributed by atoms with E-state index in [2.05, 4.69) is 21.2 Å². The van der Waals surface area contributed by atoms with Crippen molar-refractivity contribution in [2.45, 2.75) is 39.3 Å². The number of amides is 2. The topological polar surface area (TPSA) is 49.4 Å². The van der Waals surface area contributed by atoms with Gasteiger partial charge in [-0.25, -0.2) is 0 Å². The Balaban J connectivity index is 2.36. The molecule has 1 N–H and O–H groups in total. The van der Waals surface area contributed by atoms with Crippen LogP contribution in [0.4, 0.5) is 5.69 Å². The van der Waals surface area contributed by atoms with Gasteiger partial charge in [-0.15, -0.1) is 0 Å². The third-order valence-corrected chi connectivity index (χ3v) is 4.74. The van der Waals surface area contributed by atoms with E-state index < -0.39 is 12.1 Å². The van der Waals surface area contributed by atoms with Crippen molar-refractivity contribution in [2.75, 3.05) is 4.90 Å². The highest BCUT2D eigenvalue weighted by atomic mass is 79.9. The number of rotatable bonds is 3. The quantitative estimate of drug-likeness (QED) is 0.883. The van der Waals surface area contributed by atoms with Crippen LogP contribution in [0, 0.1) is 5.92 Å². The molecule has 1 saturated heterocycles. The molecule has 2 amide bonds. The Kier molecular flexibility index (Phi) is 4.94. The summed E-state index contributed by atoms with van der Waals surface area (Å²) in [6, 6.07) is 4.25. The fraction of sp³-hybridized carbons (Fsp3) is 0.467. The zero-order valence-corrected chi connectivity index (χ0v) is 14.5. The number of nitrogens with one attached hydrogen (secondary N) is 1. The van der Waals surface area contributed by atoms with Crippen LogP contribution in [0.5, 0.6) is 0 Å². The van der Waals surface area contributed by atoms with E-state index in [9.17, 15) is 9.59 Å². The second-order valence-electron chi connectivity index (χ2n) is 5.67. The van der Waals surface area contributed by atoms with Crippen molar-refractivity contribution in [1.82, 2.24) is 5.32 Å². The summed E-state index contributed by atoms with van der Waals surface area (Å²) in [5, 5.41) is 3.31. The molecule has 0 saturated carbocycles. The summed E-state index contributed by atoms with van der Waals surface area (Å²) >= 11 is 9.43. The Labute approximate surface area is 138 Å². The molecule has 2 rings (SSSR count). The summed E-state index contributed by atoms with van der Waals surface area (Å²) in [6.07, 6.45) is 0.623. The first-order valence-electron chi connectivity index (χ1n) is 6.89. The van der Waals surface area contributed by atoms with Gasteiger partial charge in [-0.3, -0.25) is 14.5 Å². The van der Waals surface area contributed by atoms with Crippen LogP contribution in [0.3, 0.4) is 0 Å². The van der Waals surface area contributed by atoms with E-state index in [1.165, 1.54) is 4.90 Å². The maximum Gasteiger partial charge on any atom is 0.250 e. The molecule has 21 heavy (non-hydrogen) atoms. The Bertz CT molecular complexity index is 577. The summed E-state index contributed by atoms with van der Waals surface area (Å²) in [6.45, 7) is 5.77. The number of carbonyl (C=O) groups excluding carboxylic acids is 2. The first kappa shape index (κ1) is 16.3. The molecule has 0 aromatic heterocycles. The molecule has 1 heterocycles. The number of anilines is 1. The average molecular weight is 374 g/mol. The molecule has 0 spiro atoms. The summed E-state index contributed by atoms with van der Waals surface area (Å²) < 4.78 is 0.758. The molecule has 2 atom stereocenters. The Morgan fingerprint density at radius 3 is 2.62 bits per heavy atom. The zero-order valence-electron chi connectivity index (χ0n) is 12.2. The molecule has 0 radical (unpaired) electrons. The van der Waals surface area contributed by atoms with Gasteiger partial charge in [-0.05, 0) is 53.4 Å². The summed E-state index contributed by atoms with van der Waals surface area (Å²) in [7, 11) is 0. The molecule has 1 aliphatic rings. The van der Waals surface area contributed by atoms with Crippen LogP contribution < -0.4 is 10.2 Å². The number of nitrogens with zero attached hydrogens (tertiary/aromatic N) is 1. The molecule has 1 fully saturated rings. The van der Waals surface area contributed by atoms with Crippen molar-refractivity contribution in [3.05, 3.63) is 27.7 Å². The number of benzene rings is 1. The van der Waals surface area contributed by atoms with E-state index in [0.29, 0.717) is 23.0 Å². The molecule has 0 bridgehead atoms. The van der Waals surface area contributed by atoms with Gasteiger partial charge < -0.3 is 5.32 Å². The molecule has 6 heteroatoms. The van der Waals surface area contributed by atoms with Crippen LogP contribution >= 0.6 is 27.5 Å². The molecule has 4 nitrogen and oxygen atoms in total. The highest BCUT2D eigenvalue weighted by Gasteiger charge is 2.39. The predicted octanol–water partition coefficient (Wildman–Crippen LogP) is 3.37. The first-order valence-corrected chi connectivity index (χ1v) is 8.07. The van der Waals surface area contributed by atoms with Gasteiger partial charge in [0.1, 0.15) is 12.1 Å². The van der Waals surface area contributed by atoms with Crippen LogP contribution in [-0.4, -0.2) is 23.9 Å². The van der Waals surface area contributed by atoms with E-state index in [1.807, 2.05) is 13.8 Å². The number of hydrogen-bond acceptors (Lipinski definition) is 2. The molecule has 1 aliphatic heterocycles. The van der Waals surface area contributed by atoms with Crippen LogP contribution in [0.1, 0.15) is 27.2 Å². The minimum atomic E-state index is -0.543. The lowest BCUT2D eigenvalue weighted by atomic mass is 9.98.